The van der Waals surface area contributed by atoms with Crippen molar-refractivity contribution in [3.05, 3.63) is 34.5 Å². The predicted octanol–water partition coefficient (Wildman–Crippen LogP) is 2.60. The molecule has 2 aromatic heterocycles. The fourth-order valence-electron chi connectivity index (χ4n) is 3.87. The third-order valence-corrected chi connectivity index (χ3v) is 5.14. The third-order valence-electron chi connectivity index (χ3n) is 5.14. The molecule has 4 rings (SSSR count). The van der Waals surface area contributed by atoms with Gasteiger partial charge in [-0.2, -0.15) is 5.10 Å². The number of hydrogen-bond donors (Lipinski definition) is 1. The van der Waals surface area contributed by atoms with Crippen LogP contribution in [-0.4, -0.2) is 39.3 Å². The number of aromatic nitrogens is 3. The fraction of sp³-hybridized carbons (Fsp3) is 0.588. The molecule has 23 heavy (non-hydrogen) atoms. The number of rotatable bonds is 2. The summed E-state index contributed by atoms with van der Waals surface area (Å²) in [6, 6.07) is 0. The number of hydrogen-bond acceptors (Lipinski definition) is 4. The zero-order chi connectivity index (χ0) is 15.8. The molecule has 0 spiro atoms. The first-order valence-electron chi connectivity index (χ1n) is 8.50. The number of carbonyl (C=O) groups excluding carboxylic acids is 1. The van der Waals surface area contributed by atoms with Crippen LogP contribution in [0, 0.1) is 6.92 Å². The van der Waals surface area contributed by atoms with Gasteiger partial charge in [-0.05, 0) is 44.6 Å². The Hall–Kier alpha value is -2.11. The van der Waals surface area contributed by atoms with E-state index in [-0.39, 0.29) is 5.91 Å². The van der Waals surface area contributed by atoms with Gasteiger partial charge in [0, 0.05) is 36.7 Å². The van der Waals surface area contributed by atoms with Crippen LogP contribution in [0.2, 0.25) is 0 Å². The molecule has 1 amide bonds. The molecule has 1 fully saturated rings. The van der Waals surface area contributed by atoms with Crippen LogP contribution in [0.1, 0.15) is 64.7 Å². The number of piperidine rings is 1. The molecule has 1 aliphatic heterocycles. The van der Waals surface area contributed by atoms with E-state index in [1.165, 1.54) is 5.56 Å². The Morgan fingerprint density at radius 2 is 2.22 bits per heavy atom. The molecule has 1 saturated heterocycles. The Kier molecular flexibility index (Phi) is 3.67. The van der Waals surface area contributed by atoms with Crippen molar-refractivity contribution in [2.24, 2.45) is 0 Å². The molecular weight excluding hydrogens is 292 g/mol. The van der Waals surface area contributed by atoms with Gasteiger partial charge in [-0.25, -0.2) is 0 Å². The van der Waals surface area contributed by atoms with Crippen LogP contribution in [0.5, 0.6) is 0 Å². The van der Waals surface area contributed by atoms with Crippen LogP contribution in [0.4, 0.5) is 0 Å². The first kappa shape index (κ1) is 14.5. The second-order valence-electron chi connectivity index (χ2n) is 6.70. The third kappa shape index (κ3) is 2.56. The standard InChI is InChI=1S/C17H22N4O2/c1-11-9-18-19-15(11)12-5-4-8-21(10-12)17(22)16-13-6-2-3-7-14(13)23-20-16/h9,12H,2-8,10H2,1H3,(H,18,19)/t12-/m0/s1. The van der Waals surface area contributed by atoms with Gasteiger partial charge in [0.25, 0.3) is 5.91 Å². The predicted molar refractivity (Wildman–Crippen MR) is 84.3 cm³/mol. The summed E-state index contributed by atoms with van der Waals surface area (Å²) >= 11 is 0. The summed E-state index contributed by atoms with van der Waals surface area (Å²) in [7, 11) is 0. The lowest BCUT2D eigenvalue weighted by molar-refractivity contribution is 0.0694. The van der Waals surface area contributed by atoms with Crippen molar-refractivity contribution in [2.75, 3.05) is 13.1 Å². The number of fused-ring (bicyclic) bond motifs is 1. The van der Waals surface area contributed by atoms with E-state index in [4.69, 9.17) is 4.52 Å². The van der Waals surface area contributed by atoms with Crippen molar-refractivity contribution in [3.63, 3.8) is 0 Å². The van der Waals surface area contributed by atoms with Crippen LogP contribution in [0.15, 0.2) is 10.7 Å². The summed E-state index contributed by atoms with van der Waals surface area (Å²) in [5.41, 5.74) is 3.91. The van der Waals surface area contributed by atoms with Crippen molar-refractivity contribution in [1.29, 1.82) is 0 Å². The second kappa shape index (κ2) is 5.83. The zero-order valence-electron chi connectivity index (χ0n) is 13.5. The molecule has 1 N–H and O–H groups in total. The van der Waals surface area contributed by atoms with Crippen LogP contribution in [0.25, 0.3) is 0 Å². The Morgan fingerprint density at radius 3 is 3.04 bits per heavy atom. The van der Waals surface area contributed by atoms with Gasteiger partial charge >= 0.3 is 0 Å². The van der Waals surface area contributed by atoms with Crippen molar-refractivity contribution in [2.45, 2.75) is 51.4 Å². The Bertz CT molecular complexity index is 718. The minimum Gasteiger partial charge on any atom is -0.360 e. The highest BCUT2D eigenvalue weighted by Gasteiger charge is 2.31. The van der Waals surface area contributed by atoms with Gasteiger partial charge in [-0.15, -0.1) is 0 Å². The molecule has 6 heteroatoms. The number of nitrogens with one attached hydrogen (secondary N) is 1. The smallest absolute Gasteiger partial charge is 0.276 e. The number of likely N-dealkylation sites (tertiary alicyclic amines) is 1. The second-order valence-corrected chi connectivity index (χ2v) is 6.70. The number of carbonyl (C=O) groups is 1. The molecular formula is C17H22N4O2. The number of aromatic amines is 1. The van der Waals surface area contributed by atoms with Gasteiger partial charge < -0.3 is 9.42 Å². The van der Waals surface area contributed by atoms with E-state index < -0.39 is 0 Å². The minimum atomic E-state index is 0.0266. The number of amides is 1. The average Bonchev–Trinajstić information content (AvgIpc) is 3.20. The van der Waals surface area contributed by atoms with Gasteiger partial charge in [0.15, 0.2) is 5.69 Å². The molecule has 3 heterocycles. The fourth-order valence-corrected chi connectivity index (χ4v) is 3.87. The van der Waals surface area contributed by atoms with Gasteiger partial charge in [0.1, 0.15) is 5.76 Å². The highest BCUT2D eigenvalue weighted by atomic mass is 16.5. The first-order valence-corrected chi connectivity index (χ1v) is 8.50. The van der Waals surface area contributed by atoms with E-state index in [1.807, 2.05) is 11.1 Å². The molecule has 0 saturated carbocycles. The summed E-state index contributed by atoms with van der Waals surface area (Å²) in [6.07, 6.45) is 8.01. The molecule has 0 bridgehead atoms. The maximum atomic E-state index is 12.9. The summed E-state index contributed by atoms with van der Waals surface area (Å²) in [5, 5.41) is 11.3. The lowest BCUT2D eigenvalue weighted by Gasteiger charge is -2.32. The van der Waals surface area contributed by atoms with E-state index in [1.54, 1.807) is 0 Å². The SMILES string of the molecule is Cc1cn[nH]c1[C@H]1CCCN(C(=O)c2noc3c2CCCC3)C1. The number of aryl methyl sites for hydroxylation is 2. The van der Waals surface area contributed by atoms with E-state index >= 15 is 0 Å². The highest BCUT2D eigenvalue weighted by molar-refractivity contribution is 5.94. The van der Waals surface area contributed by atoms with Crippen molar-refractivity contribution in [1.82, 2.24) is 20.3 Å². The Morgan fingerprint density at radius 1 is 1.35 bits per heavy atom. The van der Waals surface area contributed by atoms with Gasteiger partial charge in [-0.3, -0.25) is 9.89 Å². The maximum Gasteiger partial charge on any atom is 0.276 e. The van der Waals surface area contributed by atoms with Crippen LogP contribution < -0.4 is 0 Å². The largest absolute Gasteiger partial charge is 0.360 e. The number of H-pyrrole nitrogens is 1. The molecule has 6 nitrogen and oxygen atoms in total. The molecule has 0 unspecified atom stereocenters. The van der Waals surface area contributed by atoms with Gasteiger partial charge in [-0.1, -0.05) is 5.16 Å². The lowest BCUT2D eigenvalue weighted by atomic mass is 9.92. The van der Waals surface area contributed by atoms with Crippen molar-refractivity contribution < 1.29 is 9.32 Å². The maximum absolute atomic E-state index is 12.9. The Balaban J connectivity index is 1.54. The number of nitrogens with zero attached hydrogens (tertiary/aromatic N) is 3. The van der Waals surface area contributed by atoms with Crippen LogP contribution >= 0.6 is 0 Å². The summed E-state index contributed by atoms with van der Waals surface area (Å²) in [6.45, 7) is 3.58. The van der Waals surface area contributed by atoms with E-state index in [9.17, 15) is 4.79 Å². The Labute approximate surface area is 135 Å². The summed E-state index contributed by atoms with van der Waals surface area (Å²) < 4.78 is 5.40. The van der Waals surface area contributed by atoms with E-state index in [2.05, 4.69) is 22.3 Å². The van der Waals surface area contributed by atoms with Crippen molar-refractivity contribution >= 4 is 5.91 Å². The summed E-state index contributed by atoms with van der Waals surface area (Å²) in [5.74, 6) is 1.27. The van der Waals surface area contributed by atoms with Crippen molar-refractivity contribution in [3.8, 4) is 0 Å². The van der Waals surface area contributed by atoms with E-state index in [0.717, 1.165) is 68.6 Å². The quantitative estimate of drug-likeness (QED) is 0.924. The lowest BCUT2D eigenvalue weighted by Crippen LogP contribution is -2.40. The molecule has 0 radical (unpaired) electrons. The topological polar surface area (TPSA) is 75.0 Å². The van der Waals surface area contributed by atoms with Gasteiger partial charge in [0.05, 0.1) is 6.20 Å². The molecule has 1 atom stereocenters. The van der Waals surface area contributed by atoms with E-state index in [0.29, 0.717) is 11.6 Å². The average molecular weight is 314 g/mol. The van der Waals surface area contributed by atoms with Crippen LogP contribution in [0.3, 0.4) is 0 Å². The van der Waals surface area contributed by atoms with Gasteiger partial charge in [0.2, 0.25) is 0 Å². The zero-order valence-corrected chi connectivity index (χ0v) is 13.5. The normalized spacial score (nSPS) is 21.3. The molecule has 2 aromatic rings. The highest BCUT2D eigenvalue weighted by Crippen LogP contribution is 2.30. The molecule has 122 valence electrons. The molecule has 0 aromatic carbocycles. The summed E-state index contributed by atoms with van der Waals surface area (Å²) in [4.78, 5) is 14.8. The first-order chi connectivity index (χ1) is 11.2. The minimum absolute atomic E-state index is 0.0266. The monoisotopic (exact) mass is 314 g/mol. The molecule has 2 aliphatic rings. The van der Waals surface area contributed by atoms with Crippen LogP contribution in [-0.2, 0) is 12.8 Å². The molecule has 1 aliphatic carbocycles.